The smallest absolute Gasteiger partial charge is 0.317 e. The lowest BCUT2D eigenvalue weighted by atomic mass is 9.96. The number of carboxylic acid groups (broad SMARTS) is 1. The second kappa shape index (κ2) is 5.82. The summed E-state index contributed by atoms with van der Waals surface area (Å²) < 4.78 is 0. The maximum absolute atomic E-state index is 10.8. The quantitative estimate of drug-likeness (QED) is 0.853. The molecule has 0 atom stereocenters. The lowest BCUT2D eigenvalue weighted by molar-refractivity contribution is -0.138. The van der Waals surface area contributed by atoms with E-state index in [0.29, 0.717) is 6.54 Å². The van der Waals surface area contributed by atoms with Crippen molar-refractivity contribution in [2.45, 2.75) is 27.3 Å². The molecule has 0 fully saturated rings. The summed E-state index contributed by atoms with van der Waals surface area (Å²) in [5.74, 6) is -0.773. The molecular formula is C14H21NO2. The third kappa shape index (κ3) is 6.07. The molecule has 1 rings (SSSR count). The fourth-order valence-corrected chi connectivity index (χ4v) is 1.87. The molecule has 0 saturated carbocycles. The Labute approximate surface area is 103 Å². The van der Waals surface area contributed by atoms with Gasteiger partial charge >= 0.3 is 5.97 Å². The molecule has 0 radical (unpaired) electrons. The van der Waals surface area contributed by atoms with Gasteiger partial charge in [0.2, 0.25) is 0 Å². The zero-order valence-electron chi connectivity index (χ0n) is 10.8. The van der Waals surface area contributed by atoms with Crippen LogP contribution in [0.4, 0.5) is 0 Å². The van der Waals surface area contributed by atoms with Gasteiger partial charge in [0.05, 0.1) is 6.54 Å². The first-order valence-electron chi connectivity index (χ1n) is 5.85. The van der Waals surface area contributed by atoms with E-state index in [-0.39, 0.29) is 12.0 Å². The molecule has 1 aromatic rings. The largest absolute Gasteiger partial charge is 0.480 e. The van der Waals surface area contributed by atoms with Gasteiger partial charge in [-0.25, -0.2) is 0 Å². The number of hydrogen-bond acceptors (Lipinski definition) is 2. The molecule has 0 amide bonds. The highest BCUT2D eigenvalue weighted by Crippen LogP contribution is 2.16. The van der Waals surface area contributed by atoms with E-state index in [1.165, 1.54) is 0 Å². The molecule has 3 nitrogen and oxygen atoms in total. The fourth-order valence-electron chi connectivity index (χ4n) is 1.87. The topological polar surface area (TPSA) is 40.5 Å². The van der Waals surface area contributed by atoms with Crippen LogP contribution in [0.15, 0.2) is 30.3 Å². The summed E-state index contributed by atoms with van der Waals surface area (Å²) in [5.41, 5.74) is 1.25. The van der Waals surface area contributed by atoms with Gasteiger partial charge in [0.15, 0.2) is 0 Å². The van der Waals surface area contributed by atoms with Crippen LogP contribution >= 0.6 is 0 Å². The molecule has 0 aliphatic rings. The number of carboxylic acids is 1. The Morgan fingerprint density at radius 2 is 1.82 bits per heavy atom. The van der Waals surface area contributed by atoms with Crippen molar-refractivity contribution in [3.63, 3.8) is 0 Å². The molecular weight excluding hydrogens is 214 g/mol. The number of benzene rings is 1. The second-order valence-electron chi connectivity index (χ2n) is 5.59. The average molecular weight is 235 g/mol. The Bertz CT molecular complexity index is 354. The number of carbonyl (C=O) groups is 1. The van der Waals surface area contributed by atoms with Crippen molar-refractivity contribution < 1.29 is 9.90 Å². The van der Waals surface area contributed by atoms with Crippen molar-refractivity contribution in [3.05, 3.63) is 35.9 Å². The van der Waals surface area contributed by atoms with Crippen molar-refractivity contribution in [1.82, 2.24) is 4.90 Å². The molecule has 3 heteroatoms. The van der Waals surface area contributed by atoms with Crippen molar-refractivity contribution in [3.8, 4) is 0 Å². The number of rotatable bonds is 5. The second-order valence-corrected chi connectivity index (χ2v) is 5.59. The van der Waals surface area contributed by atoms with Gasteiger partial charge in [0, 0.05) is 13.1 Å². The first-order chi connectivity index (χ1) is 7.87. The molecule has 0 heterocycles. The molecule has 0 unspecified atom stereocenters. The van der Waals surface area contributed by atoms with E-state index in [2.05, 4.69) is 20.8 Å². The molecule has 0 aliphatic carbocycles. The summed E-state index contributed by atoms with van der Waals surface area (Å²) in [7, 11) is 0. The Morgan fingerprint density at radius 1 is 1.24 bits per heavy atom. The highest BCUT2D eigenvalue weighted by atomic mass is 16.4. The van der Waals surface area contributed by atoms with E-state index in [0.717, 1.165) is 12.1 Å². The van der Waals surface area contributed by atoms with Crippen molar-refractivity contribution in [1.29, 1.82) is 0 Å². The summed E-state index contributed by atoms with van der Waals surface area (Å²) >= 11 is 0. The minimum atomic E-state index is -0.773. The van der Waals surface area contributed by atoms with Gasteiger partial charge in [-0.15, -0.1) is 0 Å². The van der Waals surface area contributed by atoms with Gasteiger partial charge in [-0.05, 0) is 11.0 Å². The van der Waals surface area contributed by atoms with E-state index < -0.39 is 5.97 Å². The van der Waals surface area contributed by atoms with Crippen LogP contribution < -0.4 is 0 Å². The molecule has 0 spiro atoms. The Kier molecular flexibility index (Phi) is 4.70. The molecule has 17 heavy (non-hydrogen) atoms. The Hall–Kier alpha value is -1.35. The monoisotopic (exact) mass is 235 g/mol. The van der Waals surface area contributed by atoms with Crippen molar-refractivity contribution in [2.24, 2.45) is 5.41 Å². The summed E-state index contributed by atoms with van der Waals surface area (Å²) in [6.07, 6.45) is 0. The molecule has 1 aromatic carbocycles. The minimum absolute atomic E-state index is 0.0894. The van der Waals surface area contributed by atoms with E-state index in [9.17, 15) is 4.79 Å². The third-order valence-electron chi connectivity index (χ3n) is 2.31. The van der Waals surface area contributed by atoms with Gasteiger partial charge in [-0.2, -0.15) is 0 Å². The normalized spacial score (nSPS) is 11.8. The van der Waals surface area contributed by atoms with Crippen LogP contribution in [0, 0.1) is 5.41 Å². The highest BCUT2D eigenvalue weighted by molar-refractivity contribution is 5.69. The molecule has 0 bridgehead atoms. The van der Waals surface area contributed by atoms with Crippen molar-refractivity contribution in [2.75, 3.05) is 13.1 Å². The van der Waals surface area contributed by atoms with Crippen LogP contribution in [0.2, 0.25) is 0 Å². The SMILES string of the molecule is CC(C)(C)CN(CC(=O)O)Cc1ccccc1. The third-order valence-corrected chi connectivity index (χ3v) is 2.31. The summed E-state index contributed by atoms with van der Waals surface area (Å²) in [5, 5.41) is 8.92. The van der Waals surface area contributed by atoms with Gasteiger partial charge in [0.25, 0.3) is 0 Å². The summed E-state index contributed by atoms with van der Waals surface area (Å²) in [4.78, 5) is 12.8. The van der Waals surface area contributed by atoms with E-state index in [1.807, 2.05) is 35.2 Å². The van der Waals surface area contributed by atoms with E-state index in [1.54, 1.807) is 0 Å². The van der Waals surface area contributed by atoms with Gasteiger partial charge in [0.1, 0.15) is 0 Å². The fraction of sp³-hybridized carbons (Fsp3) is 0.500. The average Bonchev–Trinajstić information content (AvgIpc) is 2.15. The molecule has 0 aliphatic heterocycles. The lowest BCUT2D eigenvalue weighted by Gasteiger charge is -2.28. The first kappa shape index (κ1) is 13.7. The maximum Gasteiger partial charge on any atom is 0.317 e. The minimum Gasteiger partial charge on any atom is -0.480 e. The molecule has 0 aromatic heterocycles. The van der Waals surface area contributed by atoms with E-state index in [4.69, 9.17) is 5.11 Å². The standard InChI is InChI=1S/C14H21NO2/c1-14(2,3)11-15(10-13(16)17)9-12-7-5-4-6-8-12/h4-8H,9-11H2,1-3H3,(H,16,17). The zero-order valence-corrected chi connectivity index (χ0v) is 10.8. The summed E-state index contributed by atoms with van der Waals surface area (Å²) in [6.45, 7) is 7.90. The van der Waals surface area contributed by atoms with Crippen molar-refractivity contribution >= 4 is 5.97 Å². The predicted octanol–water partition coefficient (Wildman–Crippen LogP) is 2.62. The summed E-state index contributed by atoms with van der Waals surface area (Å²) in [6, 6.07) is 9.97. The zero-order chi connectivity index (χ0) is 12.9. The van der Waals surface area contributed by atoms with Crippen LogP contribution in [0.25, 0.3) is 0 Å². The maximum atomic E-state index is 10.8. The van der Waals surface area contributed by atoms with Gasteiger partial charge in [-0.3, -0.25) is 9.69 Å². The molecule has 0 saturated heterocycles. The Morgan fingerprint density at radius 3 is 2.29 bits per heavy atom. The van der Waals surface area contributed by atoms with Crippen LogP contribution in [0.3, 0.4) is 0 Å². The van der Waals surface area contributed by atoms with Crippen LogP contribution in [-0.2, 0) is 11.3 Å². The van der Waals surface area contributed by atoms with E-state index >= 15 is 0 Å². The lowest BCUT2D eigenvalue weighted by Crippen LogP contribution is -2.36. The van der Waals surface area contributed by atoms with Gasteiger partial charge in [-0.1, -0.05) is 51.1 Å². The number of hydrogen-bond donors (Lipinski definition) is 1. The van der Waals surface area contributed by atoms with Gasteiger partial charge < -0.3 is 5.11 Å². The number of aliphatic carboxylic acids is 1. The number of nitrogens with zero attached hydrogens (tertiary/aromatic N) is 1. The Balaban J connectivity index is 2.67. The molecule has 1 N–H and O–H groups in total. The van der Waals surface area contributed by atoms with Crippen LogP contribution in [0.5, 0.6) is 0 Å². The van der Waals surface area contributed by atoms with Crippen LogP contribution in [0.1, 0.15) is 26.3 Å². The highest BCUT2D eigenvalue weighted by Gasteiger charge is 2.18. The first-order valence-corrected chi connectivity index (χ1v) is 5.85. The van der Waals surface area contributed by atoms with Crippen LogP contribution in [-0.4, -0.2) is 29.1 Å². The molecule has 94 valence electrons. The predicted molar refractivity (Wildman–Crippen MR) is 68.8 cm³/mol.